The summed E-state index contributed by atoms with van der Waals surface area (Å²) >= 11 is 0. The molecule has 28 heavy (non-hydrogen) atoms. The van der Waals surface area contributed by atoms with Gasteiger partial charge in [0.25, 0.3) is 11.8 Å². The summed E-state index contributed by atoms with van der Waals surface area (Å²) in [6.45, 7) is 1.88. The highest BCUT2D eigenvalue weighted by Crippen LogP contribution is 2.12. The molecule has 144 valence electrons. The first-order valence-electron chi connectivity index (χ1n) is 8.90. The molecular weight excluding hydrogens is 360 g/mol. The molecule has 0 radical (unpaired) electrons. The predicted octanol–water partition coefficient (Wildman–Crippen LogP) is 1.11. The van der Waals surface area contributed by atoms with Gasteiger partial charge in [0.1, 0.15) is 11.7 Å². The van der Waals surface area contributed by atoms with Crippen molar-refractivity contribution in [1.82, 2.24) is 20.9 Å². The third-order valence-corrected chi connectivity index (χ3v) is 4.45. The van der Waals surface area contributed by atoms with E-state index in [2.05, 4.69) is 20.9 Å². The van der Waals surface area contributed by atoms with E-state index in [9.17, 15) is 19.2 Å². The molecule has 0 aliphatic carbocycles. The van der Waals surface area contributed by atoms with Crippen LogP contribution in [-0.4, -0.2) is 34.7 Å². The number of benzene rings is 1. The highest BCUT2D eigenvalue weighted by molar-refractivity contribution is 6.03. The SMILES string of the molecule is CC(NC(=O)c1ccc(C(=O)NC2CCC(=O)NC2=O)nc1)c1ccccc1. The molecule has 2 unspecified atom stereocenters. The maximum absolute atomic E-state index is 12.4. The van der Waals surface area contributed by atoms with Gasteiger partial charge in [-0.25, -0.2) is 0 Å². The van der Waals surface area contributed by atoms with E-state index >= 15 is 0 Å². The second-order valence-corrected chi connectivity index (χ2v) is 6.52. The molecule has 4 amide bonds. The van der Waals surface area contributed by atoms with E-state index in [-0.39, 0.29) is 36.4 Å². The van der Waals surface area contributed by atoms with Crippen LogP contribution in [0.25, 0.3) is 0 Å². The first-order valence-corrected chi connectivity index (χ1v) is 8.90. The Morgan fingerprint density at radius 3 is 2.50 bits per heavy atom. The Bertz CT molecular complexity index is 896. The van der Waals surface area contributed by atoms with E-state index in [1.165, 1.54) is 18.3 Å². The molecule has 8 heteroatoms. The van der Waals surface area contributed by atoms with Crippen LogP contribution in [0.2, 0.25) is 0 Å². The van der Waals surface area contributed by atoms with Crippen molar-refractivity contribution >= 4 is 23.6 Å². The minimum atomic E-state index is -0.776. The lowest BCUT2D eigenvalue weighted by Gasteiger charge is -2.21. The van der Waals surface area contributed by atoms with Crippen LogP contribution < -0.4 is 16.0 Å². The van der Waals surface area contributed by atoms with Crippen molar-refractivity contribution in [1.29, 1.82) is 0 Å². The third kappa shape index (κ3) is 4.59. The fourth-order valence-corrected chi connectivity index (χ4v) is 2.83. The second-order valence-electron chi connectivity index (χ2n) is 6.52. The van der Waals surface area contributed by atoms with E-state index in [0.717, 1.165) is 5.56 Å². The zero-order valence-electron chi connectivity index (χ0n) is 15.3. The summed E-state index contributed by atoms with van der Waals surface area (Å²) in [4.78, 5) is 51.5. The first kappa shape index (κ1) is 19.2. The molecule has 2 heterocycles. The molecule has 2 aromatic rings. The highest BCUT2D eigenvalue weighted by Gasteiger charge is 2.28. The van der Waals surface area contributed by atoms with Crippen LogP contribution in [0.15, 0.2) is 48.7 Å². The van der Waals surface area contributed by atoms with Gasteiger partial charge in [0.15, 0.2) is 0 Å². The monoisotopic (exact) mass is 380 g/mol. The Morgan fingerprint density at radius 2 is 1.86 bits per heavy atom. The summed E-state index contributed by atoms with van der Waals surface area (Å²) in [5.41, 5.74) is 1.38. The second kappa shape index (κ2) is 8.43. The quantitative estimate of drug-likeness (QED) is 0.672. The number of nitrogens with one attached hydrogen (secondary N) is 3. The van der Waals surface area contributed by atoms with Gasteiger partial charge < -0.3 is 10.6 Å². The Morgan fingerprint density at radius 1 is 1.11 bits per heavy atom. The Balaban J connectivity index is 1.59. The van der Waals surface area contributed by atoms with Crippen LogP contribution in [0.3, 0.4) is 0 Å². The summed E-state index contributed by atoms with van der Waals surface area (Å²) in [5, 5.41) is 7.59. The zero-order valence-corrected chi connectivity index (χ0v) is 15.3. The maximum atomic E-state index is 12.4. The number of carbonyl (C=O) groups excluding carboxylic acids is 4. The third-order valence-electron chi connectivity index (χ3n) is 4.45. The number of carbonyl (C=O) groups is 4. The van der Waals surface area contributed by atoms with Crippen molar-refractivity contribution in [3.63, 3.8) is 0 Å². The molecule has 3 rings (SSSR count). The number of aromatic nitrogens is 1. The lowest BCUT2D eigenvalue weighted by molar-refractivity contribution is -0.134. The molecule has 1 aromatic heterocycles. The summed E-state index contributed by atoms with van der Waals surface area (Å²) < 4.78 is 0. The predicted molar refractivity (Wildman–Crippen MR) is 100 cm³/mol. The molecule has 8 nitrogen and oxygen atoms in total. The Labute approximate surface area is 161 Å². The molecule has 2 atom stereocenters. The minimum absolute atomic E-state index is 0.0809. The van der Waals surface area contributed by atoms with Crippen molar-refractivity contribution in [2.75, 3.05) is 0 Å². The summed E-state index contributed by atoms with van der Waals surface area (Å²) in [5.74, 6) is -1.73. The number of pyridine rings is 1. The normalized spacial score (nSPS) is 17.4. The molecule has 1 aliphatic rings. The highest BCUT2D eigenvalue weighted by atomic mass is 16.2. The Kier molecular flexibility index (Phi) is 5.78. The van der Waals surface area contributed by atoms with Gasteiger partial charge in [-0.2, -0.15) is 0 Å². The average molecular weight is 380 g/mol. The van der Waals surface area contributed by atoms with Crippen LogP contribution in [0, 0.1) is 0 Å². The van der Waals surface area contributed by atoms with Crippen LogP contribution in [0.1, 0.15) is 52.2 Å². The van der Waals surface area contributed by atoms with E-state index < -0.39 is 17.9 Å². The molecule has 0 bridgehead atoms. The van der Waals surface area contributed by atoms with Gasteiger partial charge in [-0.15, -0.1) is 0 Å². The molecule has 1 fully saturated rings. The minimum Gasteiger partial charge on any atom is -0.345 e. The number of imide groups is 1. The first-order chi connectivity index (χ1) is 13.4. The topological polar surface area (TPSA) is 117 Å². The molecule has 0 spiro atoms. The van der Waals surface area contributed by atoms with Gasteiger partial charge in [-0.1, -0.05) is 30.3 Å². The van der Waals surface area contributed by atoms with Gasteiger partial charge in [0.2, 0.25) is 11.8 Å². The van der Waals surface area contributed by atoms with Gasteiger partial charge >= 0.3 is 0 Å². The van der Waals surface area contributed by atoms with E-state index in [0.29, 0.717) is 5.56 Å². The van der Waals surface area contributed by atoms with Crippen LogP contribution in [0.5, 0.6) is 0 Å². The van der Waals surface area contributed by atoms with Crippen molar-refractivity contribution in [2.24, 2.45) is 0 Å². The van der Waals surface area contributed by atoms with Gasteiger partial charge in [0.05, 0.1) is 11.6 Å². The van der Waals surface area contributed by atoms with E-state index in [1.54, 1.807) is 0 Å². The van der Waals surface area contributed by atoms with Gasteiger partial charge in [-0.05, 0) is 31.0 Å². The van der Waals surface area contributed by atoms with Crippen molar-refractivity contribution in [2.45, 2.75) is 31.8 Å². The van der Waals surface area contributed by atoms with Gasteiger partial charge in [0, 0.05) is 12.6 Å². The lowest BCUT2D eigenvalue weighted by Crippen LogP contribution is -2.52. The summed E-state index contributed by atoms with van der Waals surface area (Å²) in [6, 6.07) is 11.5. The molecular formula is C20H20N4O4. The molecule has 0 saturated carbocycles. The van der Waals surface area contributed by atoms with E-state index in [1.807, 2.05) is 37.3 Å². The number of hydrogen-bond donors (Lipinski definition) is 3. The van der Waals surface area contributed by atoms with Gasteiger partial charge in [-0.3, -0.25) is 29.5 Å². The molecule has 1 aliphatic heterocycles. The molecule has 1 aromatic carbocycles. The maximum Gasteiger partial charge on any atom is 0.270 e. The summed E-state index contributed by atoms with van der Waals surface area (Å²) in [6.07, 6.45) is 1.73. The van der Waals surface area contributed by atoms with Crippen LogP contribution in [0.4, 0.5) is 0 Å². The number of hydrogen-bond acceptors (Lipinski definition) is 5. The fourth-order valence-electron chi connectivity index (χ4n) is 2.83. The lowest BCUT2D eigenvalue weighted by atomic mass is 10.1. The number of nitrogens with zero attached hydrogens (tertiary/aromatic N) is 1. The van der Waals surface area contributed by atoms with Crippen LogP contribution in [-0.2, 0) is 9.59 Å². The number of amides is 4. The average Bonchev–Trinajstić information content (AvgIpc) is 2.70. The van der Waals surface area contributed by atoms with Crippen molar-refractivity contribution < 1.29 is 19.2 Å². The van der Waals surface area contributed by atoms with Crippen molar-refractivity contribution in [3.8, 4) is 0 Å². The Hall–Kier alpha value is -3.55. The largest absolute Gasteiger partial charge is 0.345 e. The summed E-state index contributed by atoms with van der Waals surface area (Å²) in [7, 11) is 0. The smallest absolute Gasteiger partial charge is 0.270 e. The fraction of sp³-hybridized carbons (Fsp3) is 0.250. The molecule has 3 N–H and O–H groups in total. The number of piperidine rings is 1. The zero-order chi connectivity index (χ0) is 20.1. The van der Waals surface area contributed by atoms with Crippen molar-refractivity contribution in [3.05, 3.63) is 65.5 Å². The standard InChI is InChI=1S/C20H20N4O4/c1-12(13-5-3-2-4-6-13)22-18(26)14-7-8-15(21-11-14)19(27)23-16-9-10-17(25)24-20(16)28/h2-8,11-12,16H,9-10H2,1H3,(H,22,26)(H,23,27)(H,24,25,28). The number of rotatable bonds is 5. The molecule has 1 saturated heterocycles. The van der Waals surface area contributed by atoms with E-state index in [4.69, 9.17) is 0 Å². The van der Waals surface area contributed by atoms with Crippen LogP contribution >= 0.6 is 0 Å².